The monoisotopic (exact) mass is 476 g/mol. The number of hydrogen-bond donors (Lipinski definition) is 1. The van der Waals surface area contributed by atoms with Gasteiger partial charge < -0.3 is 0 Å². The van der Waals surface area contributed by atoms with E-state index in [0.717, 1.165) is 28.2 Å². The Balaban J connectivity index is 1.44. The SMILES string of the molecule is Cc1nn(-c2ccccc2)c(C)c1/C=N/NC(=O)c1nn(Cc2ccccc2)c(=O)c2ccccc12. The summed E-state index contributed by atoms with van der Waals surface area (Å²) < 4.78 is 3.15. The average Bonchev–Trinajstić information content (AvgIpc) is 3.20. The number of aromatic nitrogens is 4. The van der Waals surface area contributed by atoms with Crippen molar-refractivity contribution in [3.63, 3.8) is 0 Å². The fraction of sp³-hybridized carbons (Fsp3) is 0.107. The summed E-state index contributed by atoms with van der Waals surface area (Å²) in [6, 6.07) is 26.3. The van der Waals surface area contributed by atoms with E-state index in [1.165, 1.54) is 4.68 Å². The Morgan fingerprint density at radius 2 is 1.53 bits per heavy atom. The van der Waals surface area contributed by atoms with Crippen LogP contribution >= 0.6 is 0 Å². The van der Waals surface area contributed by atoms with Gasteiger partial charge in [0.15, 0.2) is 5.69 Å². The van der Waals surface area contributed by atoms with Crippen molar-refractivity contribution in [1.82, 2.24) is 25.0 Å². The maximum atomic E-state index is 13.1. The van der Waals surface area contributed by atoms with Gasteiger partial charge >= 0.3 is 0 Å². The standard InChI is InChI=1S/C28H24N6O2/c1-19-25(20(2)34(31-19)22-13-7-4-8-14-22)17-29-30-27(35)26-23-15-9-10-16-24(23)28(36)33(32-26)18-21-11-5-3-6-12-21/h3-17H,18H2,1-2H3,(H,30,35)/b29-17+. The van der Waals surface area contributed by atoms with Crippen LogP contribution in [-0.2, 0) is 6.54 Å². The van der Waals surface area contributed by atoms with E-state index in [2.05, 4.69) is 20.7 Å². The molecule has 0 saturated heterocycles. The molecule has 36 heavy (non-hydrogen) atoms. The molecule has 8 nitrogen and oxygen atoms in total. The second-order valence-electron chi connectivity index (χ2n) is 8.37. The maximum Gasteiger partial charge on any atom is 0.292 e. The van der Waals surface area contributed by atoms with Crippen LogP contribution in [0.25, 0.3) is 16.5 Å². The lowest BCUT2D eigenvalue weighted by Gasteiger charge is -2.10. The first-order valence-electron chi connectivity index (χ1n) is 11.5. The van der Waals surface area contributed by atoms with Crippen molar-refractivity contribution in [2.24, 2.45) is 5.10 Å². The number of benzene rings is 3. The van der Waals surface area contributed by atoms with Crippen LogP contribution in [0, 0.1) is 13.8 Å². The summed E-state index contributed by atoms with van der Waals surface area (Å²) in [6.07, 6.45) is 1.58. The Labute approximate surface area is 207 Å². The molecule has 8 heteroatoms. The predicted molar refractivity (Wildman–Crippen MR) is 140 cm³/mol. The van der Waals surface area contributed by atoms with Gasteiger partial charge in [-0.1, -0.05) is 66.7 Å². The van der Waals surface area contributed by atoms with Gasteiger partial charge in [0.2, 0.25) is 0 Å². The minimum absolute atomic E-state index is 0.131. The molecule has 0 unspecified atom stereocenters. The number of carbonyl (C=O) groups is 1. The highest BCUT2D eigenvalue weighted by Crippen LogP contribution is 2.17. The molecule has 0 aliphatic rings. The third kappa shape index (κ3) is 4.44. The molecule has 0 bridgehead atoms. The third-order valence-electron chi connectivity index (χ3n) is 5.97. The zero-order chi connectivity index (χ0) is 25.1. The number of fused-ring (bicyclic) bond motifs is 1. The Morgan fingerprint density at radius 3 is 2.25 bits per heavy atom. The molecule has 5 aromatic rings. The van der Waals surface area contributed by atoms with Gasteiger partial charge in [0.25, 0.3) is 11.5 Å². The molecule has 0 fully saturated rings. The third-order valence-corrected chi connectivity index (χ3v) is 5.97. The van der Waals surface area contributed by atoms with Crippen LogP contribution in [0.1, 0.15) is 33.0 Å². The highest BCUT2D eigenvalue weighted by Gasteiger charge is 2.17. The molecule has 0 saturated carbocycles. The second kappa shape index (κ2) is 9.79. The summed E-state index contributed by atoms with van der Waals surface area (Å²) in [7, 11) is 0. The van der Waals surface area contributed by atoms with Gasteiger partial charge in [-0.2, -0.15) is 15.3 Å². The summed E-state index contributed by atoms with van der Waals surface area (Å²) in [5, 5.41) is 14.1. The van der Waals surface area contributed by atoms with Gasteiger partial charge in [-0.3, -0.25) is 9.59 Å². The molecular formula is C28H24N6O2. The molecule has 0 spiro atoms. The molecule has 5 rings (SSSR count). The van der Waals surface area contributed by atoms with Crippen molar-refractivity contribution in [1.29, 1.82) is 0 Å². The quantitative estimate of drug-likeness (QED) is 0.296. The molecule has 178 valence electrons. The largest absolute Gasteiger partial charge is 0.292 e. The normalized spacial score (nSPS) is 11.3. The van der Waals surface area contributed by atoms with E-state index in [1.54, 1.807) is 30.5 Å². The first kappa shape index (κ1) is 22.9. The van der Waals surface area contributed by atoms with Crippen molar-refractivity contribution >= 4 is 22.9 Å². The van der Waals surface area contributed by atoms with Crippen molar-refractivity contribution in [2.45, 2.75) is 20.4 Å². The van der Waals surface area contributed by atoms with Crippen LogP contribution in [0.4, 0.5) is 0 Å². The Morgan fingerprint density at radius 1 is 0.889 bits per heavy atom. The van der Waals surface area contributed by atoms with Crippen LogP contribution in [-0.4, -0.2) is 31.7 Å². The van der Waals surface area contributed by atoms with Gasteiger partial charge in [0.05, 0.1) is 35.2 Å². The molecule has 0 aliphatic carbocycles. The first-order valence-corrected chi connectivity index (χ1v) is 11.5. The molecule has 2 aromatic heterocycles. The Kier molecular flexibility index (Phi) is 6.23. The molecule has 0 radical (unpaired) electrons. The van der Waals surface area contributed by atoms with E-state index in [4.69, 9.17) is 0 Å². The van der Waals surface area contributed by atoms with E-state index < -0.39 is 5.91 Å². The van der Waals surface area contributed by atoms with Crippen molar-refractivity contribution < 1.29 is 4.79 Å². The number of amides is 1. The zero-order valence-corrected chi connectivity index (χ0v) is 19.9. The number of aryl methyl sites for hydroxylation is 1. The molecular weight excluding hydrogens is 452 g/mol. The zero-order valence-electron chi connectivity index (χ0n) is 19.9. The molecule has 3 aromatic carbocycles. The van der Waals surface area contributed by atoms with E-state index in [0.29, 0.717) is 10.8 Å². The second-order valence-corrected chi connectivity index (χ2v) is 8.37. The van der Waals surface area contributed by atoms with Gasteiger partial charge in [0.1, 0.15) is 0 Å². The molecule has 0 aliphatic heterocycles. The van der Waals surface area contributed by atoms with Crippen molar-refractivity contribution in [2.75, 3.05) is 0 Å². The minimum atomic E-state index is -0.505. The number of hydrazone groups is 1. The fourth-order valence-electron chi connectivity index (χ4n) is 4.14. The number of nitrogens with one attached hydrogen (secondary N) is 1. The van der Waals surface area contributed by atoms with Crippen LogP contribution in [0.5, 0.6) is 0 Å². The van der Waals surface area contributed by atoms with Crippen molar-refractivity contribution in [3.8, 4) is 5.69 Å². The van der Waals surface area contributed by atoms with Gasteiger partial charge in [-0.25, -0.2) is 14.8 Å². The number of hydrogen-bond acceptors (Lipinski definition) is 5. The van der Waals surface area contributed by atoms with E-state index in [1.807, 2.05) is 79.2 Å². The van der Waals surface area contributed by atoms with Crippen LogP contribution in [0.2, 0.25) is 0 Å². The lowest BCUT2D eigenvalue weighted by Crippen LogP contribution is -2.29. The van der Waals surface area contributed by atoms with E-state index in [9.17, 15) is 9.59 Å². The lowest BCUT2D eigenvalue weighted by atomic mass is 10.1. The summed E-state index contributed by atoms with van der Waals surface area (Å²) in [4.78, 5) is 26.2. The molecule has 2 heterocycles. The summed E-state index contributed by atoms with van der Waals surface area (Å²) in [5.41, 5.74) is 6.80. The molecule has 1 N–H and O–H groups in total. The topological polar surface area (TPSA) is 94.2 Å². The van der Waals surface area contributed by atoms with Gasteiger partial charge in [0, 0.05) is 10.9 Å². The van der Waals surface area contributed by atoms with Crippen LogP contribution in [0.3, 0.4) is 0 Å². The van der Waals surface area contributed by atoms with E-state index >= 15 is 0 Å². The van der Waals surface area contributed by atoms with Gasteiger partial charge in [-0.15, -0.1) is 0 Å². The molecule has 1 amide bonds. The number of carbonyl (C=O) groups excluding carboxylic acids is 1. The van der Waals surface area contributed by atoms with Crippen LogP contribution < -0.4 is 11.0 Å². The number of para-hydroxylation sites is 1. The smallest absolute Gasteiger partial charge is 0.267 e. The maximum absolute atomic E-state index is 13.1. The summed E-state index contributed by atoms with van der Waals surface area (Å²) in [5.74, 6) is -0.505. The summed E-state index contributed by atoms with van der Waals surface area (Å²) in [6.45, 7) is 4.10. The van der Waals surface area contributed by atoms with Gasteiger partial charge in [-0.05, 0) is 37.6 Å². The highest BCUT2D eigenvalue weighted by atomic mass is 16.2. The highest BCUT2D eigenvalue weighted by molar-refractivity contribution is 6.05. The van der Waals surface area contributed by atoms with Crippen molar-refractivity contribution in [3.05, 3.63) is 123 Å². The Hall–Kier alpha value is -4.85. The fourth-order valence-corrected chi connectivity index (χ4v) is 4.14. The van der Waals surface area contributed by atoms with E-state index in [-0.39, 0.29) is 17.8 Å². The minimum Gasteiger partial charge on any atom is -0.267 e. The van der Waals surface area contributed by atoms with Crippen LogP contribution in [0.15, 0.2) is 94.8 Å². The number of nitrogens with zero attached hydrogens (tertiary/aromatic N) is 5. The number of rotatable bonds is 6. The predicted octanol–water partition coefficient (Wildman–Crippen LogP) is 4.01. The lowest BCUT2D eigenvalue weighted by molar-refractivity contribution is 0.0949. The average molecular weight is 477 g/mol. The summed E-state index contributed by atoms with van der Waals surface area (Å²) >= 11 is 0. The first-order chi connectivity index (χ1) is 17.5. The molecule has 0 atom stereocenters. The Bertz CT molecular complexity index is 1640.